The van der Waals surface area contributed by atoms with Crippen LogP contribution in [0.1, 0.15) is 52.3 Å². The number of hydrogen-bond donors (Lipinski definition) is 0. The predicted octanol–water partition coefficient (Wildman–Crippen LogP) is 3.77. The molecule has 1 spiro atoms. The number of ether oxygens (including phenoxy) is 1. The third kappa shape index (κ3) is 3.24. The maximum Gasteiger partial charge on any atom is 0.291 e. The highest BCUT2D eigenvalue weighted by Gasteiger charge is 2.43. The lowest BCUT2D eigenvalue weighted by Crippen LogP contribution is -2.47. The molecule has 1 amide bonds. The highest BCUT2D eigenvalue weighted by molar-refractivity contribution is 7.15. The lowest BCUT2D eigenvalue weighted by atomic mass is 9.85. The summed E-state index contributed by atoms with van der Waals surface area (Å²) in [5.41, 5.74) is 2.58. The first kappa shape index (κ1) is 19.4. The third-order valence-corrected chi connectivity index (χ3v) is 7.37. The van der Waals surface area contributed by atoms with Gasteiger partial charge in [0.15, 0.2) is 5.89 Å². The second kappa shape index (κ2) is 7.59. The van der Waals surface area contributed by atoms with Crippen LogP contribution in [0.3, 0.4) is 0 Å². The summed E-state index contributed by atoms with van der Waals surface area (Å²) < 4.78 is 12.0. The van der Waals surface area contributed by atoms with E-state index in [1.807, 2.05) is 18.7 Å². The molecule has 2 aliphatic heterocycles. The van der Waals surface area contributed by atoms with E-state index in [4.69, 9.17) is 9.15 Å². The molecule has 3 aromatic rings. The van der Waals surface area contributed by atoms with Gasteiger partial charge in [-0.2, -0.15) is 0 Å². The summed E-state index contributed by atoms with van der Waals surface area (Å²) in [6.07, 6.45) is 8.36. The van der Waals surface area contributed by atoms with Gasteiger partial charge in [-0.15, -0.1) is 11.3 Å². The van der Waals surface area contributed by atoms with Crippen LogP contribution in [-0.2, 0) is 23.2 Å². The SMILES string of the molecule is CCc1nc(C)c(C(=O)N2CCC3(CC2)OCCc2cc(-c4cnccn4)sc23)o1. The second-order valence-corrected chi connectivity index (χ2v) is 8.87. The molecule has 8 heteroatoms. The van der Waals surface area contributed by atoms with Crippen LogP contribution in [0.2, 0.25) is 0 Å². The maximum absolute atomic E-state index is 13.0. The van der Waals surface area contributed by atoms with Crippen molar-refractivity contribution in [2.75, 3.05) is 19.7 Å². The second-order valence-electron chi connectivity index (χ2n) is 7.82. The molecule has 0 aliphatic carbocycles. The van der Waals surface area contributed by atoms with Gasteiger partial charge in [0, 0.05) is 36.8 Å². The summed E-state index contributed by atoms with van der Waals surface area (Å²) in [4.78, 5) is 30.3. The smallest absolute Gasteiger partial charge is 0.291 e. The lowest BCUT2D eigenvalue weighted by Gasteiger charge is -2.43. The molecule has 1 fully saturated rings. The fraction of sp³-hybridized carbons (Fsp3) is 0.455. The number of aryl methyl sites for hydroxylation is 2. The molecule has 156 valence electrons. The number of rotatable bonds is 3. The molecule has 5 heterocycles. The summed E-state index contributed by atoms with van der Waals surface area (Å²) in [6, 6.07) is 2.23. The van der Waals surface area contributed by atoms with Gasteiger partial charge in [0.05, 0.1) is 29.1 Å². The number of oxazole rings is 1. The number of aromatic nitrogens is 3. The van der Waals surface area contributed by atoms with E-state index in [0.29, 0.717) is 43.5 Å². The van der Waals surface area contributed by atoms with Gasteiger partial charge in [-0.05, 0) is 37.8 Å². The summed E-state index contributed by atoms with van der Waals surface area (Å²) in [5.74, 6) is 0.908. The van der Waals surface area contributed by atoms with Gasteiger partial charge < -0.3 is 14.1 Å². The highest BCUT2D eigenvalue weighted by atomic mass is 32.1. The van der Waals surface area contributed by atoms with Gasteiger partial charge in [0.1, 0.15) is 5.60 Å². The predicted molar refractivity (Wildman–Crippen MR) is 112 cm³/mol. The van der Waals surface area contributed by atoms with Crippen molar-refractivity contribution in [1.29, 1.82) is 0 Å². The minimum absolute atomic E-state index is 0.0722. The first-order valence-electron chi connectivity index (χ1n) is 10.4. The number of likely N-dealkylation sites (tertiary alicyclic amines) is 1. The normalized spacial score (nSPS) is 17.9. The molecule has 5 rings (SSSR count). The van der Waals surface area contributed by atoms with E-state index >= 15 is 0 Å². The quantitative estimate of drug-likeness (QED) is 0.637. The number of fused-ring (bicyclic) bond motifs is 2. The van der Waals surface area contributed by atoms with Crippen LogP contribution in [0, 0.1) is 6.92 Å². The van der Waals surface area contributed by atoms with Gasteiger partial charge in [-0.3, -0.25) is 14.8 Å². The van der Waals surface area contributed by atoms with Crippen molar-refractivity contribution in [3.63, 3.8) is 0 Å². The number of amides is 1. The molecule has 7 nitrogen and oxygen atoms in total. The standard InChI is InChI=1S/C22H24N4O3S/c1-3-18-25-14(2)19(29-18)21(27)26-9-5-22(6-10-26)20-15(4-11-28-22)12-17(30-20)16-13-23-7-8-24-16/h7-8,12-13H,3-6,9-11H2,1-2H3. The zero-order valence-electron chi connectivity index (χ0n) is 17.2. The molecular formula is C22H24N4O3S. The summed E-state index contributed by atoms with van der Waals surface area (Å²) in [6.45, 7) is 5.78. The summed E-state index contributed by atoms with van der Waals surface area (Å²) in [7, 11) is 0. The Morgan fingerprint density at radius 3 is 2.83 bits per heavy atom. The molecule has 3 aromatic heterocycles. The topological polar surface area (TPSA) is 81.4 Å². The average molecular weight is 425 g/mol. The lowest BCUT2D eigenvalue weighted by molar-refractivity contribution is -0.0908. The molecule has 30 heavy (non-hydrogen) atoms. The number of hydrogen-bond acceptors (Lipinski definition) is 7. The minimum atomic E-state index is -0.319. The van der Waals surface area contributed by atoms with Crippen LogP contribution >= 0.6 is 11.3 Å². The largest absolute Gasteiger partial charge is 0.435 e. The Morgan fingerprint density at radius 1 is 1.30 bits per heavy atom. The van der Waals surface area contributed by atoms with Gasteiger partial charge >= 0.3 is 0 Å². The van der Waals surface area contributed by atoms with Gasteiger partial charge in [-0.25, -0.2) is 4.98 Å². The van der Waals surface area contributed by atoms with Crippen LogP contribution in [0.15, 0.2) is 29.1 Å². The van der Waals surface area contributed by atoms with E-state index in [1.54, 1.807) is 29.9 Å². The fourth-order valence-electron chi connectivity index (χ4n) is 4.36. The Morgan fingerprint density at radius 2 is 2.13 bits per heavy atom. The Bertz CT molecular complexity index is 1070. The number of thiophene rings is 1. The van der Waals surface area contributed by atoms with Crippen molar-refractivity contribution >= 4 is 17.2 Å². The first-order valence-corrected chi connectivity index (χ1v) is 11.2. The van der Waals surface area contributed by atoms with E-state index in [2.05, 4.69) is 21.0 Å². The number of piperidine rings is 1. The van der Waals surface area contributed by atoms with Crippen molar-refractivity contribution in [3.05, 3.63) is 52.4 Å². The zero-order chi connectivity index (χ0) is 20.7. The molecule has 0 bridgehead atoms. The number of nitrogens with zero attached hydrogens (tertiary/aromatic N) is 4. The highest BCUT2D eigenvalue weighted by Crippen LogP contribution is 2.47. The number of carbonyl (C=O) groups is 1. The van der Waals surface area contributed by atoms with Crippen molar-refractivity contribution < 1.29 is 13.9 Å². The molecule has 0 aromatic carbocycles. The first-order chi connectivity index (χ1) is 14.6. The van der Waals surface area contributed by atoms with Crippen LogP contribution in [0.25, 0.3) is 10.6 Å². The van der Waals surface area contributed by atoms with Crippen molar-refractivity contribution in [3.8, 4) is 10.6 Å². The molecule has 0 unspecified atom stereocenters. The van der Waals surface area contributed by atoms with E-state index in [-0.39, 0.29) is 11.5 Å². The zero-order valence-corrected chi connectivity index (χ0v) is 18.0. The van der Waals surface area contributed by atoms with Crippen LogP contribution < -0.4 is 0 Å². The molecule has 2 aliphatic rings. The molecule has 0 atom stereocenters. The summed E-state index contributed by atoms with van der Waals surface area (Å²) >= 11 is 1.75. The van der Waals surface area contributed by atoms with Gasteiger partial charge in [-0.1, -0.05) is 6.92 Å². The van der Waals surface area contributed by atoms with Gasteiger partial charge in [0.2, 0.25) is 5.76 Å². The Balaban J connectivity index is 1.37. The van der Waals surface area contributed by atoms with E-state index in [1.165, 1.54) is 10.4 Å². The Labute approximate surface area is 179 Å². The fourth-order valence-corrected chi connectivity index (χ4v) is 5.73. The van der Waals surface area contributed by atoms with Crippen molar-refractivity contribution in [2.45, 2.75) is 45.1 Å². The van der Waals surface area contributed by atoms with E-state index in [9.17, 15) is 4.79 Å². The Kier molecular flexibility index (Phi) is 4.91. The van der Waals surface area contributed by atoms with Crippen molar-refractivity contribution in [2.24, 2.45) is 0 Å². The van der Waals surface area contributed by atoms with Crippen LogP contribution in [0.5, 0.6) is 0 Å². The Hall–Kier alpha value is -2.58. The average Bonchev–Trinajstić information content (AvgIpc) is 3.39. The minimum Gasteiger partial charge on any atom is -0.435 e. The number of carbonyl (C=O) groups excluding carboxylic acids is 1. The molecule has 0 radical (unpaired) electrons. The monoisotopic (exact) mass is 424 g/mol. The van der Waals surface area contributed by atoms with E-state index in [0.717, 1.165) is 29.8 Å². The molecule has 0 N–H and O–H groups in total. The van der Waals surface area contributed by atoms with Crippen LogP contribution in [0.4, 0.5) is 0 Å². The summed E-state index contributed by atoms with van der Waals surface area (Å²) in [5, 5.41) is 0. The maximum atomic E-state index is 13.0. The molecular weight excluding hydrogens is 400 g/mol. The van der Waals surface area contributed by atoms with E-state index < -0.39 is 0 Å². The third-order valence-electron chi connectivity index (χ3n) is 5.98. The van der Waals surface area contributed by atoms with Crippen molar-refractivity contribution in [1.82, 2.24) is 19.9 Å². The molecule has 0 saturated carbocycles. The molecule has 1 saturated heterocycles. The van der Waals surface area contributed by atoms with Crippen LogP contribution in [-0.4, -0.2) is 45.5 Å². The van der Waals surface area contributed by atoms with Gasteiger partial charge in [0.25, 0.3) is 5.91 Å².